The molecule has 0 aliphatic rings. The van der Waals surface area contributed by atoms with Crippen LogP contribution in [0.25, 0.3) is 11.5 Å². The highest BCUT2D eigenvalue weighted by Gasteiger charge is 2.08. The monoisotopic (exact) mass is 407 g/mol. The summed E-state index contributed by atoms with van der Waals surface area (Å²) < 4.78 is 15.9. The fourth-order valence-electron chi connectivity index (χ4n) is 2.85. The van der Waals surface area contributed by atoms with Crippen LogP contribution in [-0.2, 0) is 6.42 Å². The Bertz CT molecular complexity index is 1100. The van der Waals surface area contributed by atoms with Crippen molar-refractivity contribution in [3.63, 3.8) is 0 Å². The van der Waals surface area contributed by atoms with Crippen LogP contribution >= 0.6 is 0 Å². The van der Waals surface area contributed by atoms with Crippen LogP contribution in [0.15, 0.2) is 53.4 Å². The van der Waals surface area contributed by atoms with Gasteiger partial charge in [0.25, 0.3) is 0 Å². The number of anilines is 3. The van der Waals surface area contributed by atoms with E-state index in [1.54, 1.807) is 20.5 Å². The molecule has 0 unspecified atom stereocenters. The average Bonchev–Trinajstić information content (AvgIpc) is 3.46. The lowest BCUT2D eigenvalue weighted by molar-refractivity contribution is 0.354. The van der Waals surface area contributed by atoms with Crippen LogP contribution in [0.1, 0.15) is 5.56 Å². The average molecular weight is 407 g/mol. The summed E-state index contributed by atoms with van der Waals surface area (Å²) in [6.07, 6.45) is 3.81. The Balaban J connectivity index is 1.35. The van der Waals surface area contributed by atoms with E-state index < -0.39 is 0 Å². The molecule has 0 bridgehead atoms. The van der Waals surface area contributed by atoms with Gasteiger partial charge in [-0.25, -0.2) is 9.97 Å². The molecular weight excluding hydrogens is 386 g/mol. The zero-order valence-corrected chi connectivity index (χ0v) is 16.5. The highest BCUT2D eigenvalue weighted by molar-refractivity contribution is 5.60. The summed E-state index contributed by atoms with van der Waals surface area (Å²) in [6.45, 7) is 0.643. The molecule has 0 saturated carbocycles. The summed E-state index contributed by atoms with van der Waals surface area (Å²) in [5, 5.41) is 13.3. The molecule has 0 spiro atoms. The van der Waals surface area contributed by atoms with E-state index in [2.05, 4.69) is 35.8 Å². The predicted octanol–water partition coefficient (Wildman–Crippen LogP) is 3.27. The lowest BCUT2D eigenvalue weighted by Crippen LogP contribution is -2.09. The molecule has 0 aliphatic carbocycles. The molecule has 0 aliphatic heterocycles. The second-order valence-corrected chi connectivity index (χ2v) is 6.27. The molecule has 3 N–H and O–H groups in total. The van der Waals surface area contributed by atoms with Gasteiger partial charge in [-0.2, -0.15) is 10.1 Å². The van der Waals surface area contributed by atoms with Crippen molar-refractivity contribution < 1.29 is 13.9 Å². The maximum Gasteiger partial charge on any atom is 0.233 e. The zero-order chi connectivity index (χ0) is 20.8. The molecule has 3 aromatic heterocycles. The third-order valence-corrected chi connectivity index (χ3v) is 4.32. The Kier molecular flexibility index (Phi) is 5.74. The number of furan rings is 1. The molecule has 0 radical (unpaired) electrons. The number of ether oxygens (including phenoxy) is 2. The summed E-state index contributed by atoms with van der Waals surface area (Å²) in [7, 11) is 3.24. The van der Waals surface area contributed by atoms with Crippen molar-refractivity contribution in [1.29, 1.82) is 0 Å². The topological polar surface area (TPSA) is 123 Å². The molecule has 4 rings (SSSR count). The third-order valence-electron chi connectivity index (χ3n) is 4.32. The molecular formula is C20H21N7O3. The minimum atomic E-state index is 0.385. The number of nitrogens with zero attached hydrogens (tertiary/aromatic N) is 4. The zero-order valence-electron chi connectivity index (χ0n) is 16.5. The van der Waals surface area contributed by atoms with Gasteiger partial charge in [-0.05, 0) is 36.2 Å². The van der Waals surface area contributed by atoms with Gasteiger partial charge in [0, 0.05) is 12.6 Å². The van der Waals surface area contributed by atoms with Crippen LogP contribution in [0.4, 0.5) is 17.7 Å². The van der Waals surface area contributed by atoms with Crippen LogP contribution < -0.4 is 20.1 Å². The Hall–Kier alpha value is -4.08. The number of hydrogen-bond acceptors (Lipinski definition) is 9. The van der Waals surface area contributed by atoms with Gasteiger partial charge in [0.15, 0.2) is 23.1 Å². The van der Waals surface area contributed by atoms with Crippen LogP contribution in [0.5, 0.6) is 11.5 Å². The van der Waals surface area contributed by atoms with Crippen molar-refractivity contribution in [1.82, 2.24) is 25.1 Å². The van der Waals surface area contributed by atoms with E-state index in [-0.39, 0.29) is 0 Å². The quantitative estimate of drug-likeness (QED) is 0.383. The number of hydrogen-bond donors (Lipinski definition) is 3. The van der Waals surface area contributed by atoms with E-state index in [1.165, 1.54) is 6.33 Å². The maximum atomic E-state index is 5.35. The molecule has 0 fully saturated rings. The number of aromatic amines is 1. The van der Waals surface area contributed by atoms with Crippen molar-refractivity contribution >= 4 is 17.7 Å². The molecule has 0 saturated heterocycles. The highest BCUT2D eigenvalue weighted by atomic mass is 16.5. The lowest BCUT2D eigenvalue weighted by atomic mass is 10.1. The van der Waals surface area contributed by atoms with Crippen molar-refractivity contribution in [2.45, 2.75) is 6.42 Å². The predicted molar refractivity (Wildman–Crippen MR) is 111 cm³/mol. The van der Waals surface area contributed by atoms with Gasteiger partial charge in [0.2, 0.25) is 11.9 Å². The van der Waals surface area contributed by atoms with Gasteiger partial charge in [-0.3, -0.25) is 5.10 Å². The normalized spacial score (nSPS) is 10.6. The molecule has 3 heterocycles. The second-order valence-electron chi connectivity index (χ2n) is 6.27. The van der Waals surface area contributed by atoms with E-state index in [1.807, 2.05) is 36.4 Å². The largest absolute Gasteiger partial charge is 0.493 e. The minimum Gasteiger partial charge on any atom is -0.493 e. The Morgan fingerprint density at radius 2 is 1.90 bits per heavy atom. The van der Waals surface area contributed by atoms with Crippen LogP contribution in [0, 0.1) is 0 Å². The summed E-state index contributed by atoms with van der Waals surface area (Å²) in [5.74, 6) is 3.53. The molecule has 1 aromatic carbocycles. The van der Waals surface area contributed by atoms with Crippen LogP contribution in [0.2, 0.25) is 0 Å². The summed E-state index contributed by atoms with van der Waals surface area (Å²) in [4.78, 5) is 12.7. The van der Waals surface area contributed by atoms with Crippen molar-refractivity contribution in [3.05, 3.63) is 54.6 Å². The fraction of sp³-hybridized carbons (Fsp3) is 0.200. The molecule has 0 atom stereocenters. The Labute approximate surface area is 172 Å². The third kappa shape index (κ3) is 4.49. The summed E-state index contributed by atoms with van der Waals surface area (Å²) in [5.41, 5.74) is 1.86. The molecule has 0 amide bonds. The smallest absolute Gasteiger partial charge is 0.233 e. The number of methoxy groups -OCH3 is 2. The van der Waals surface area contributed by atoms with Gasteiger partial charge in [0.05, 0.1) is 20.5 Å². The van der Waals surface area contributed by atoms with Gasteiger partial charge in [0.1, 0.15) is 12.0 Å². The van der Waals surface area contributed by atoms with Gasteiger partial charge < -0.3 is 24.5 Å². The van der Waals surface area contributed by atoms with Crippen molar-refractivity contribution in [3.8, 4) is 23.0 Å². The number of nitrogens with one attached hydrogen (secondary N) is 3. The van der Waals surface area contributed by atoms with Gasteiger partial charge >= 0.3 is 0 Å². The van der Waals surface area contributed by atoms with Gasteiger partial charge in [-0.1, -0.05) is 6.07 Å². The first-order chi connectivity index (χ1) is 14.7. The van der Waals surface area contributed by atoms with E-state index in [9.17, 15) is 0 Å². The van der Waals surface area contributed by atoms with Crippen molar-refractivity contribution in [2.75, 3.05) is 31.4 Å². The second kappa shape index (κ2) is 8.95. The molecule has 30 heavy (non-hydrogen) atoms. The number of aromatic nitrogens is 5. The summed E-state index contributed by atoms with van der Waals surface area (Å²) in [6, 6.07) is 11.3. The standard InChI is InChI=1S/C20H21N7O3/c1-28-16-6-5-13(10-17(16)29-2)7-8-21-19-22-12-23-20(25-19)24-18-11-14(26-27-18)15-4-3-9-30-15/h3-6,9-12H,7-8H2,1-2H3,(H3,21,22,23,24,25,26,27). The number of rotatable bonds is 9. The number of benzene rings is 1. The number of H-pyrrole nitrogens is 1. The maximum absolute atomic E-state index is 5.35. The Morgan fingerprint density at radius 3 is 2.70 bits per heavy atom. The SMILES string of the molecule is COc1ccc(CCNc2ncnc(Nc3cc(-c4ccco4)[nH]n3)n2)cc1OC. The van der Waals surface area contributed by atoms with Crippen molar-refractivity contribution in [2.24, 2.45) is 0 Å². The van der Waals surface area contributed by atoms with E-state index in [4.69, 9.17) is 13.9 Å². The van der Waals surface area contributed by atoms with E-state index in [0.717, 1.165) is 17.7 Å². The molecule has 10 nitrogen and oxygen atoms in total. The molecule has 154 valence electrons. The van der Waals surface area contributed by atoms with Crippen LogP contribution in [0.3, 0.4) is 0 Å². The Morgan fingerprint density at radius 1 is 1.03 bits per heavy atom. The fourth-order valence-corrected chi connectivity index (χ4v) is 2.85. The first-order valence-electron chi connectivity index (χ1n) is 9.25. The first-order valence-corrected chi connectivity index (χ1v) is 9.25. The van der Waals surface area contributed by atoms with E-state index in [0.29, 0.717) is 41.5 Å². The van der Waals surface area contributed by atoms with Crippen LogP contribution in [-0.4, -0.2) is 45.9 Å². The molecule has 4 aromatic rings. The van der Waals surface area contributed by atoms with E-state index >= 15 is 0 Å². The van der Waals surface area contributed by atoms with Gasteiger partial charge in [-0.15, -0.1) is 0 Å². The summed E-state index contributed by atoms with van der Waals surface area (Å²) >= 11 is 0. The first kappa shape index (κ1) is 19.2. The molecule has 10 heteroatoms. The minimum absolute atomic E-state index is 0.385. The highest BCUT2D eigenvalue weighted by Crippen LogP contribution is 2.27. The lowest BCUT2D eigenvalue weighted by Gasteiger charge is -2.10.